The molecule has 0 spiro atoms. The van der Waals surface area contributed by atoms with Gasteiger partial charge in [-0.25, -0.2) is 0 Å². The van der Waals surface area contributed by atoms with Crippen LogP contribution in [-0.4, -0.2) is 18.4 Å². The largest absolute Gasteiger partial charge is 0.494 e. The Hall–Kier alpha value is -4.58. The van der Waals surface area contributed by atoms with Crippen molar-refractivity contribution in [3.63, 3.8) is 0 Å². The fourth-order valence-corrected chi connectivity index (χ4v) is 4.11. The molecule has 0 aliphatic rings. The Kier molecular flexibility index (Phi) is 10.1. The SMILES string of the molecule is CCCCCCCOc1ccc(C(=O)Nc2ccccc2C(=O)Nc2ccc(Nc3ccccc3)cc2)cc1. The molecule has 0 aliphatic carbocycles. The summed E-state index contributed by atoms with van der Waals surface area (Å²) in [6, 6.07) is 31.4. The highest BCUT2D eigenvalue weighted by Gasteiger charge is 2.15. The summed E-state index contributed by atoms with van der Waals surface area (Å²) in [5.41, 5.74) is 3.85. The average Bonchev–Trinajstić information content (AvgIpc) is 2.97. The van der Waals surface area contributed by atoms with Gasteiger partial charge in [-0.3, -0.25) is 9.59 Å². The molecule has 39 heavy (non-hydrogen) atoms. The van der Waals surface area contributed by atoms with Crippen LogP contribution in [0.4, 0.5) is 22.7 Å². The van der Waals surface area contributed by atoms with Gasteiger partial charge in [-0.2, -0.15) is 0 Å². The van der Waals surface area contributed by atoms with E-state index in [1.807, 2.05) is 54.6 Å². The number of amides is 2. The van der Waals surface area contributed by atoms with Crippen LogP contribution in [0.5, 0.6) is 5.75 Å². The van der Waals surface area contributed by atoms with Gasteiger partial charge >= 0.3 is 0 Å². The van der Waals surface area contributed by atoms with E-state index in [0.717, 1.165) is 30.0 Å². The lowest BCUT2D eigenvalue weighted by Crippen LogP contribution is -2.18. The molecular weight excluding hydrogens is 486 g/mol. The number of hydrogen-bond acceptors (Lipinski definition) is 4. The lowest BCUT2D eigenvalue weighted by molar-refractivity contribution is 0.102. The lowest BCUT2D eigenvalue weighted by atomic mass is 10.1. The van der Waals surface area contributed by atoms with Crippen LogP contribution < -0.4 is 20.7 Å². The minimum absolute atomic E-state index is 0.294. The second-order valence-electron chi connectivity index (χ2n) is 9.31. The number of rotatable bonds is 13. The van der Waals surface area contributed by atoms with E-state index in [4.69, 9.17) is 4.74 Å². The van der Waals surface area contributed by atoms with Gasteiger partial charge < -0.3 is 20.7 Å². The molecule has 200 valence electrons. The van der Waals surface area contributed by atoms with E-state index in [-0.39, 0.29) is 11.8 Å². The second kappa shape index (κ2) is 14.4. The van der Waals surface area contributed by atoms with Crippen LogP contribution in [0.25, 0.3) is 0 Å². The van der Waals surface area contributed by atoms with E-state index in [9.17, 15) is 9.59 Å². The van der Waals surface area contributed by atoms with Crippen LogP contribution in [0.1, 0.15) is 59.7 Å². The van der Waals surface area contributed by atoms with Crippen molar-refractivity contribution in [2.24, 2.45) is 0 Å². The van der Waals surface area contributed by atoms with Gasteiger partial charge in [0.15, 0.2) is 0 Å². The molecule has 0 heterocycles. The molecule has 0 atom stereocenters. The molecule has 6 nitrogen and oxygen atoms in total. The summed E-state index contributed by atoms with van der Waals surface area (Å²) in [5.74, 6) is 0.141. The van der Waals surface area contributed by atoms with Gasteiger partial charge in [0.2, 0.25) is 0 Å². The van der Waals surface area contributed by atoms with Crippen molar-refractivity contribution in [2.75, 3.05) is 22.6 Å². The van der Waals surface area contributed by atoms with E-state index in [2.05, 4.69) is 22.9 Å². The number of carbonyl (C=O) groups excluding carboxylic acids is 2. The van der Waals surface area contributed by atoms with Gasteiger partial charge in [-0.05, 0) is 79.2 Å². The average molecular weight is 522 g/mol. The highest BCUT2D eigenvalue weighted by Crippen LogP contribution is 2.22. The molecule has 6 heteroatoms. The molecule has 4 aromatic carbocycles. The molecule has 4 aromatic rings. The van der Waals surface area contributed by atoms with Crippen LogP contribution in [0, 0.1) is 0 Å². The molecular formula is C33H35N3O3. The topological polar surface area (TPSA) is 79.5 Å². The number of unbranched alkanes of at least 4 members (excludes halogenated alkanes) is 4. The smallest absolute Gasteiger partial charge is 0.257 e. The van der Waals surface area contributed by atoms with Crippen LogP contribution >= 0.6 is 0 Å². The Morgan fingerprint density at radius 3 is 2.00 bits per heavy atom. The van der Waals surface area contributed by atoms with Crippen molar-refractivity contribution < 1.29 is 14.3 Å². The molecule has 0 unspecified atom stereocenters. The van der Waals surface area contributed by atoms with Gasteiger partial charge in [-0.15, -0.1) is 0 Å². The zero-order valence-electron chi connectivity index (χ0n) is 22.3. The third-order valence-corrected chi connectivity index (χ3v) is 6.26. The molecule has 3 N–H and O–H groups in total. The first-order chi connectivity index (χ1) is 19.1. The summed E-state index contributed by atoms with van der Waals surface area (Å²) in [6.07, 6.45) is 5.90. The number of anilines is 4. The second-order valence-corrected chi connectivity index (χ2v) is 9.31. The van der Waals surface area contributed by atoms with Crippen molar-refractivity contribution in [1.29, 1.82) is 0 Å². The minimum atomic E-state index is -0.308. The highest BCUT2D eigenvalue weighted by atomic mass is 16.5. The normalized spacial score (nSPS) is 10.5. The molecule has 0 saturated heterocycles. The van der Waals surface area contributed by atoms with Gasteiger partial charge in [0.25, 0.3) is 11.8 Å². The molecule has 0 radical (unpaired) electrons. The molecule has 0 fully saturated rings. The van der Waals surface area contributed by atoms with E-state index >= 15 is 0 Å². The predicted octanol–water partition coefficient (Wildman–Crippen LogP) is 8.28. The van der Waals surface area contributed by atoms with Gasteiger partial charge in [0.1, 0.15) is 5.75 Å². The fourth-order valence-electron chi connectivity index (χ4n) is 4.11. The Balaban J connectivity index is 1.32. The lowest BCUT2D eigenvalue weighted by Gasteiger charge is -2.13. The third kappa shape index (κ3) is 8.47. The predicted molar refractivity (Wildman–Crippen MR) is 159 cm³/mol. The molecule has 0 saturated carbocycles. The molecule has 0 aromatic heterocycles. The van der Waals surface area contributed by atoms with E-state index < -0.39 is 0 Å². The summed E-state index contributed by atoms with van der Waals surface area (Å²) in [5, 5.41) is 9.10. The van der Waals surface area contributed by atoms with Crippen LogP contribution in [0.2, 0.25) is 0 Å². The van der Waals surface area contributed by atoms with Crippen LogP contribution in [0.15, 0.2) is 103 Å². The number of ether oxygens (including phenoxy) is 1. The minimum Gasteiger partial charge on any atom is -0.494 e. The molecule has 0 aliphatic heterocycles. The van der Waals surface area contributed by atoms with Crippen molar-refractivity contribution >= 4 is 34.6 Å². The molecule has 2 amide bonds. The van der Waals surface area contributed by atoms with Crippen LogP contribution in [0.3, 0.4) is 0 Å². The van der Waals surface area contributed by atoms with Gasteiger partial charge in [0, 0.05) is 22.6 Å². The van der Waals surface area contributed by atoms with E-state index in [1.54, 1.807) is 48.5 Å². The quantitative estimate of drug-likeness (QED) is 0.155. The van der Waals surface area contributed by atoms with Gasteiger partial charge in [0.05, 0.1) is 17.9 Å². The van der Waals surface area contributed by atoms with Crippen molar-refractivity contribution in [2.45, 2.75) is 39.0 Å². The van der Waals surface area contributed by atoms with E-state index in [1.165, 1.54) is 19.3 Å². The summed E-state index contributed by atoms with van der Waals surface area (Å²) < 4.78 is 5.79. The first-order valence-electron chi connectivity index (χ1n) is 13.5. The van der Waals surface area contributed by atoms with Crippen LogP contribution in [-0.2, 0) is 0 Å². The van der Waals surface area contributed by atoms with E-state index in [0.29, 0.717) is 29.1 Å². The third-order valence-electron chi connectivity index (χ3n) is 6.26. The zero-order valence-corrected chi connectivity index (χ0v) is 22.3. The number of carbonyl (C=O) groups is 2. The summed E-state index contributed by atoms with van der Waals surface area (Å²) in [6.45, 7) is 2.87. The Labute approximate surface area is 230 Å². The monoisotopic (exact) mass is 521 g/mol. The summed E-state index contributed by atoms with van der Waals surface area (Å²) >= 11 is 0. The Morgan fingerprint density at radius 1 is 0.615 bits per heavy atom. The number of para-hydroxylation sites is 2. The maximum absolute atomic E-state index is 13.1. The standard InChI is InChI=1S/C33H35N3O3/c1-2-3-4-5-11-24-39-29-22-16-25(17-23-29)32(37)36-31-15-10-9-14-30(31)33(38)35-28-20-18-27(19-21-28)34-26-12-7-6-8-13-26/h6-10,12-23,34H,2-5,11,24H2,1H3,(H,35,38)(H,36,37). The molecule has 0 bridgehead atoms. The fraction of sp³-hybridized carbons (Fsp3) is 0.212. The Bertz CT molecular complexity index is 1340. The number of hydrogen-bond donors (Lipinski definition) is 3. The molecule has 4 rings (SSSR count). The number of nitrogens with one attached hydrogen (secondary N) is 3. The maximum Gasteiger partial charge on any atom is 0.257 e. The maximum atomic E-state index is 13.1. The highest BCUT2D eigenvalue weighted by molar-refractivity contribution is 6.12. The first-order valence-corrected chi connectivity index (χ1v) is 13.5. The van der Waals surface area contributed by atoms with Crippen molar-refractivity contribution in [3.05, 3.63) is 114 Å². The first kappa shape index (κ1) is 27.5. The van der Waals surface area contributed by atoms with Crippen molar-refractivity contribution in [3.8, 4) is 5.75 Å². The summed E-state index contributed by atoms with van der Waals surface area (Å²) in [4.78, 5) is 26.0. The number of benzene rings is 4. The van der Waals surface area contributed by atoms with Gasteiger partial charge in [-0.1, -0.05) is 62.9 Å². The zero-order chi connectivity index (χ0) is 27.3. The van der Waals surface area contributed by atoms with Crippen molar-refractivity contribution in [1.82, 2.24) is 0 Å². The Morgan fingerprint density at radius 2 is 1.26 bits per heavy atom. The summed E-state index contributed by atoms with van der Waals surface area (Å²) in [7, 11) is 0.